The SMILES string of the molecule is CCC[PH]1(CNS(=O)(=O)F)CCCC1. The molecule has 0 radical (unpaired) electrons. The Balaban J connectivity index is 2.52. The molecule has 0 aromatic carbocycles. The number of halogens is 1. The van der Waals surface area contributed by atoms with E-state index in [-0.39, 0.29) is 0 Å². The van der Waals surface area contributed by atoms with Crippen molar-refractivity contribution in [2.24, 2.45) is 0 Å². The molecule has 1 fully saturated rings. The molecule has 1 aliphatic rings. The third kappa shape index (κ3) is 3.79. The molecule has 0 aliphatic carbocycles. The van der Waals surface area contributed by atoms with Gasteiger partial charge in [0, 0.05) is 0 Å². The summed E-state index contributed by atoms with van der Waals surface area (Å²) in [6.45, 7) is 2.11. The van der Waals surface area contributed by atoms with Gasteiger partial charge in [0.05, 0.1) is 0 Å². The predicted octanol–water partition coefficient (Wildman–Crippen LogP) is 1.70. The molecule has 0 bridgehead atoms. The average molecular weight is 243 g/mol. The van der Waals surface area contributed by atoms with Crippen LogP contribution in [-0.4, -0.2) is 33.2 Å². The van der Waals surface area contributed by atoms with Gasteiger partial charge in [-0.15, -0.1) is 0 Å². The Kier molecular flexibility index (Phi) is 4.29. The molecule has 1 heterocycles. The molecule has 1 aliphatic heterocycles. The van der Waals surface area contributed by atoms with Crippen molar-refractivity contribution < 1.29 is 12.3 Å². The molecule has 14 heavy (non-hydrogen) atoms. The zero-order valence-corrected chi connectivity index (χ0v) is 10.4. The zero-order valence-electron chi connectivity index (χ0n) is 8.55. The van der Waals surface area contributed by atoms with E-state index < -0.39 is 17.7 Å². The van der Waals surface area contributed by atoms with Crippen LogP contribution in [0.5, 0.6) is 0 Å². The van der Waals surface area contributed by atoms with Crippen LogP contribution in [0.3, 0.4) is 0 Å². The molecular weight excluding hydrogens is 224 g/mol. The fourth-order valence-electron chi connectivity index (χ4n) is 2.41. The summed E-state index contributed by atoms with van der Waals surface area (Å²) < 4.78 is 35.2. The van der Waals surface area contributed by atoms with Crippen LogP contribution in [0.15, 0.2) is 0 Å². The van der Waals surface area contributed by atoms with Crippen LogP contribution in [0.2, 0.25) is 0 Å². The van der Waals surface area contributed by atoms with Gasteiger partial charge in [-0.1, -0.05) is 0 Å². The summed E-state index contributed by atoms with van der Waals surface area (Å²) in [6, 6.07) is 0. The van der Waals surface area contributed by atoms with Crippen molar-refractivity contribution in [3.8, 4) is 0 Å². The zero-order chi connectivity index (χ0) is 10.7. The number of hydrogen-bond donors (Lipinski definition) is 1. The van der Waals surface area contributed by atoms with Crippen LogP contribution in [0, 0.1) is 0 Å². The second-order valence-electron chi connectivity index (χ2n) is 4.22. The molecule has 0 atom stereocenters. The first-order valence-electron chi connectivity index (χ1n) is 5.17. The summed E-state index contributed by atoms with van der Waals surface area (Å²) >= 11 is 0. The number of nitrogens with one attached hydrogen (secondary N) is 1. The second-order valence-corrected chi connectivity index (χ2v) is 10.2. The maximum absolute atomic E-state index is 12.3. The van der Waals surface area contributed by atoms with Gasteiger partial charge in [-0.05, 0) is 0 Å². The molecule has 0 saturated carbocycles. The van der Waals surface area contributed by atoms with Crippen LogP contribution in [0.1, 0.15) is 26.2 Å². The first-order chi connectivity index (χ1) is 6.47. The average Bonchev–Trinajstić information content (AvgIpc) is 2.50. The van der Waals surface area contributed by atoms with Crippen LogP contribution in [0.25, 0.3) is 0 Å². The van der Waals surface area contributed by atoms with E-state index in [9.17, 15) is 12.3 Å². The van der Waals surface area contributed by atoms with E-state index in [2.05, 4.69) is 11.6 Å². The number of hydrogen-bond acceptors (Lipinski definition) is 2. The van der Waals surface area contributed by atoms with Gasteiger partial charge in [0.25, 0.3) is 0 Å². The summed E-state index contributed by atoms with van der Waals surface area (Å²) in [7, 11) is -5.96. The van der Waals surface area contributed by atoms with Gasteiger partial charge in [-0.2, -0.15) is 0 Å². The molecule has 0 spiro atoms. The van der Waals surface area contributed by atoms with E-state index in [4.69, 9.17) is 0 Å². The summed E-state index contributed by atoms with van der Waals surface area (Å²) in [5.74, 6) is 0. The molecule has 3 nitrogen and oxygen atoms in total. The Bertz CT molecular complexity index is 275. The molecular formula is C8H19FNO2PS. The van der Waals surface area contributed by atoms with Crippen LogP contribution in [0.4, 0.5) is 3.89 Å². The van der Waals surface area contributed by atoms with Crippen molar-refractivity contribution >= 4 is 17.7 Å². The normalized spacial score (nSPS) is 23.6. The number of rotatable bonds is 5. The third-order valence-electron chi connectivity index (χ3n) is 3.06. The standard InChI is InChI=1S/C8H19FNO2PS/c1-2-5-13(6-3-4-7-13)8-10-14(9,11)12/h10,13H,2-8H2,1H3. The van der Waals surface area contributed by atoms with Crippen LogP contribution in [-0.2, 0) is 10.4 Å². The van der Waals surface area contributed by atoms with Gasteiger partial charge in [-0.3, -0.25) is 0 Å². The first-order valence-corrected chi connectivity index (χ1v) is 9.38. The van der Waals surface area contributed by atoms with Crippen LogP contribution < -0.4 is 4.72 Å². The molecule has 0 unspecified atom stereocenters. The van der Waals surface area contributed by atoms with Crippen molar-refractivity contribution in [2.75, 3.05) is 24.8 Å². The van der Waals surface area contributed by atoms with E-state index in [0.717, 1.165) is 24.9 Å². The molecule has 1 rings (SSSR count). The Labute approximate surface area is 86.1 Å². The molecule has 1 N–H and O–H groups in total. The van der Waals surface area contributed by atoms with Gasteiger partial charge in [-0.25, -0.2) is 0 Å². The van der Waals surface area contributed by atoms with Crippen LogP contribution >= 0.6 is 7.26 Å². The van der Waals surface area contributed by atoms with Crippen molar-refractivity contribution in [1.29, 1.82) is 0 Å². The van der Waals surface area contributed by atoms with Gasteiger partial charge in [0.15, 0.2) is 0 Å². The Morgan fingerprint density at radius 2 is 1.93 bits per heavy atom. The van der Waals surface area contributed by atoms with Crippen molar-refractivity contribution in [3.05, 3.63) is 0 Å². The fourth-order valence-corrected chi connectivity index (χ4v) is 8.67. The molecule has 86 valence electrons. The van der Waals surface area contributed by atoms with Crippen molar-refractivity contribution in [3.63, 3.8) is 0 Å². The summed E-state index contributed by atoms with van der Waals surface area (Å²) in [6.07, 6.45) is 7.31. The monoisotopic (exact) mass is 243 g/mol. The van der Waals surface area contributed by atoms with Crippen molar-refractivity contribution in [2.45, 2.75) is 26.2 Å². The molecule has 1 saturated heterocycles. The molecule has 0 aromatic heterocycles. The van der Waals surface area contributed by atoms with Crippen molar-refractivity contribution in [1.82, 2.24) is 4.72 Å². The summed E-state index contributed by atoms with van der Waals surface area (Å²) in [4.78, 5) is 0. The minimum absolute atomic E-state index is 0.402. The first kappa shape index (κ1) is 12.3. The predicted molar refractivity (Wildman–Crippen MR) is 60.5 cm³/mol. The Morgan fingerprint density at radius 1 is 1.36 bits per heavy atom. The Morgan fingerprint density at radius 3 is 2.36 bits per heavy atom. The van der Waals surface area contributed by atoms with E-state index in [0.29, 0.717) is 6.29 Å². The maximum atomic E-state index is 12.3. The van der Waals surface area contributed by atoms with E-state index >= 15 is 0 Å². The summed E-state index contributed by atoms with van der Waals surface area (Å²) in [5.41, 5.74) is 0. The molecule has 6 heteroatoms. The fraction of sp³-hybridized carbons (Fsp3) is 1.00. The topological polar surface area (TPSA) is 46.2 Å². The van der Waals surface area contributed by atoms with Gasteiger partial charge < -0.3 is 0 Å². The quantitative estimate of drug-likeness (QED) is 0.590. The van der Waals surface area contributed by atoms with Gasteiger partial charge in [0.1, 0.15) is 0 Å². The van der Waals surface area contributed by atoms with E-state index in [1.54, 1.807) is 0 Å². The van der Waals surface area contributed by atoms with E-state index in [1.165, 1.54) is 12.8 Å². The minimum atomic E-state index is -4.48. The summed E-state index contributed by atoms with van der Waals surface area (Å²) in [5, 5.41) is 0. The van der Waals surface area contributed by atoms with Gasteiger partial charge >= 0.3 is 85.7 Å². The molecule has 0 amide bonds. The van der Waals surface area contributed by atoms with Gasteiger partial charge in [0.2, 0.25) is 0 Å². The Hall–Kier alpha value is 0.270. The third-order valence-corrected chi connectivity index (χ3v) is 9.13. The second kappa shape index (κ2) is 4.86. The van der Waals surface area contributed by atoms with E-state index in [1.807, 2.05) is 0 Å². The molecule has 0 aromatic rings.